The van der Waals surface area contributed by atoms with E-state index in [1.54, 1.807) is 23.1 Å². The van der Waals surface area contributed by atoms with Gasteiger partial charge in [0.15, 0.2) is 0 Å². The lowest BCUT2D eigenvalue weighted by atomic mass is 10.4. The number of hydrogen-bond acceptors (Lipinski definition) is 4. The number of carbonyl (C=O) groups is 3. The maximum atomic E-state index is 11.2. The Balaban J connectivity index is 2.14. The van der Waals surface area contributed by atoms with Crippen LogP contribution in [0.15, 0.2) is 30.6 Å². The number of carboxylic acids is 1. The Kier molecular flexibility index (Phi) is 5.80. The first-order valence-corrected chi connectivity index (χ1v) is 5.55. The van der Waals surface area contributed by atoms with E-state index in [-0.39, 0.29) is 0 Å². The van der Waals surface area contributed by atoms with Crippen molar-refractivity contribution < 1.29 is 19.5 Å². The maximum absolute atomic E-state index is 11.2. The molecule has 0 atom stereocenters. The second-order valence-electron chi connectivity index (χ2n) is 3.54. The van der Waals surface area contributed by atoms with Gasteiger partial charge in [0.25, 0.3) is 5.91 Å². The third-order valence-corrected chi connectivity index (χ3v) is 2.02. The summed E-state index contributed by atoms with van der Waals surface area (Å²) in [4.78, 5) is 32.4. The molecular formula is C11H14N4O4. The summed E-state index contributed by atoms with van der Waals surface area (Å²) in [5.74, 6) is -2.04. The van der Waals surface area contributed by atoms with Gasteiger partial charge < -0.3 is 10.4 Å². The summed E-state index contributed by atoms with van der Waals surface area (Å²) in [6.45, 7) is 1.03. The summed E-state index contributed by atoms with van der Waals surface area (Å²) in [5, 5.41) is 16.7. The molecule has 1 rings (SSSR count). The van der Waals surface area contributed by atoms with Crippen LogP contribution in [0.4, 0.5) is 4.79 Å². The van der Waals surface area contributed by atoms with E-state index < -0.39 is 17.9 Å². The van der Waals surface area contributed by atoms with Gasteiger partial charge in [0.1, 0.15) is 0 Å². The number of hydrogen-bond donors (Lipinski definition) is 3. The molecule has 0 unspecified atom stereocenters. The Bertz CT molecular complexity index is 467. The van der Waals surface area contributed by atoms with Crippen molar-refractivity contribution in [2.75, 3.05) is 6.54 Å². The lowest BCUT2D eigenvalue weighted by molar-refractivity contribution is -0.131. The van der Waals surface area contributed by atoms with E-state index in [2.05, 4.69) is 10.4 Å². The van der Waals surface area contributed by atoms with Crippen LogP contribution in [0.2, 0.25) is 0 Å². The van der Waals surface area contributed by atoms with Gasteiger partial charge in [-0.2, -0.15) is 5.10 Å². The first-order valence-electron chi connectivity index (χ1n) is 5.55. The molecular weight excluding hydrogens is 252 g/mol. The highest BCUT2D eigenvalue weighted by Crippen LogP contribution is 1.87. The van der Waals surface area contributed by atoms with Crippen LogP contribution in [-0.2, 0) is 16.1 Å². The molecule has 3 N–H and O–H groups in total. The van der Waals surface area contributed by atoms with Crippen molar-refractivity contribution in [3.63, 3.8) is 0 Å². The summed E-state index contributed by atoms with van der Waals surface area (Å²) < 4.78 is 1.72. The first kappa shape index (κ1) is 14.4. The first-order chi connectivity index (χ1) is 9.08. The fourth-order valence-corrected chi connectivity index (χ4v) is 1.22. The van der Waals surface area contributed by atoms with Crippen molar-refractivity contribution in [3.8, 4) is 0 Å². The number of carbonyl (C=O) groups excluding carboxylic acids is 2. The normalized spacial score (nSPS) is 10.3. The molecule has 8 nitrogen and oxygen atoms in total. The largest absolute Gasteiger partial charge is 0.478 e. The second kappa shape index (κ2) is 7.64. The number of urea groups is 1. The number of nitrogens with one attached hydrogen (secondary N) is 2. The molecule has 1 aromatic heterocycles. The molecule has 3 amide bonds. The SMILES string of the molecule is O=C(O)/C=C/C(=O)NC(=O)NCCCn1cccn1. The Morgan fingerprint density at radius 3 is 2.74 bits per heavy atom. The van der Waals surface area contributed by atoms with Gasteiger partial charge in [0.05, 0.1) is 0 Å². The van der Waals surface area contributed by atoms with Gasteiger partial charge in [-0.15, -0.1) is 0 Å². The number of nitrogens with zero attached hydrogens (tertiary/aromatic N) is 2. The highest BCUT2D eigenvalue weighted by atomic mass is 16.4. The zero-order valence-electron chi connectivity index (χ0n) is 10.1. The number of rotatable bonds is 6. The van der Waals surface area contributed by atoms with Crippen molar-refractivity contribution in [2.45, 2.75) is 13.0 Å². The molecule has 0 aliphatic carbocycles. The Hall–Kier alpha value is -2.64. The van der Waals surface area contributed by atoms with Crippen LogP contribution in [0.3, 0.4) is 0 Å². The summed E-state index contributed by atoms with van der Waals surface area (Å²) in [5.41, 5.74) is 0. The van der Waals surface area contributed by atoms with E-state index in [0.717, 1.165) is 6.08 Å². The predicted octanol–water partition coefficient (Wildman–Crippen LogP) is -0.260. The summed E-state index contributed by atoms with van der Waals surface area (Å²) in [6, 6.07) is 1.13. The minimum Gasteiger partial charge on any atom is -0.478 e. The van der Waals surface area contributed by atoms with E-state index in [4.69, 9.17) is 5.11 Å². The summed E-state index contributed by atoms with van der Waals surface area (Å²) in [6.07, 6.45) is 5.55. The molecule has 1 heterocycles. The van der Waals surface area contributed by atoms with Gasteiger partial charge in [-0.25, -0.2) is 9.59 Å². The van der Waals surface area contributed by atoms with E-state index in [9.17, 15) is 14.4 Å². The van der Waals surface area contributed by atoms with E-state index >= 15 is 0 Å². The van der Waals surface area contributed by atoms with Crippen molar-refractivity contribution in [2.24, 2.45) is 0 Å². The molecule has 102 valence electrons. The third-order valence-electron chi connectivity index (χ3n) is 2.02. The van der Waals surface area contributed by atoms with Crippen molar-refractivity contribution in [3.05, 3.63) is 30.6 Å². The number of aryl methyl sites for hydroxylation is 1. The van der Waals surface area contributed by atoms with Gasteiger partial charge in [-0.05, 0) is 12.5 Å². The van der Waals surface area contributed by atoms with Gasteiger partial charge in [-0.3, -0.25) is 14.8 Å². The standard InChI is InChI=1S/C11H14N4O4/c16-9(3-4-10(17)18)14-11(19)12-5-1-7-15-8-2-6-13-15/h2-4,6,8H,1,5,7H2,(H,17,18)(H2,12,14,16,19)/b4-3+. The zero-order chi connectivity index (χ0) is 14.1. The van der Waals surface area contributed by atoms with Crippen LogP contribution in [0.1, 0.15) is 6.42 Å². The van der Waals surface area contributed by atoms with Gasteiger partial charge >= 0.3 is 12.0 Å². The lowest BCUT2D eigenvalue weighted by Gasteiger charge is -2.05. The molecule has 0 aromatic carbocycles. The molecule has 8 heteroatoms. The van der Waals surface area contributed by atoms with Gasteiger partial charge in [0, 0.05) is 37.6 Å². The fourth-order valence-electron chi connectivity index (χ4n) is 1.22. The molecule has 19 heavy (non-hydrogen) atoms. The second-order valence-corrected chi connectivity index (χ2v) is 3.54. The zero-order valence-corrected chi connectivity index (χ0v) is 10.1. The monoisotopic (exact) mass is 266 g/mol. The number of aromatic nitrogens is 2. The number of aliphatic carboxylic acids is 1. The minimum atomic E-state index is -1.25. The van der Waals surface area contributed by atoms with E-state index in [1.165, 1.54) is 0 Å². The molecule has 0 fully saturated rings. The number of amides is 3. The molecule has 0 saturated carbocycles. The Morgan fingerprint density at radius 1 is 1.32 bits per heavy atom. The van der Waals surface area contributed by atoms with Crippen molar-refractivity contribution in [1.82, 2.24) is 20.4 Å². The predicted molar refractivity (Wildman–Crippen MR) is 65.2 cm³/mol. The highest BCUT2D eigenvalue weighted by molar-refractivity contribution is 6.02. The molecule has 0 saturated heterocycles. The van der Waals surface area contributed by atoms with Gasteiger partial charge in [-0.1, -0.05) is 0 Å². The molecule has 0 bridgehead atoms. The molecule has 0 aliphatic heterocycles. The molecule has 0 aliphatic rings. The average Bonchev–Trinajstić information content (AvgIpc) is 2.85. The molecule has 0 spiro atoms. The van der Waals surface area contributed by atoms with Crippen LogP contribution in [0.5, 0.6) is 0 Å². The molecule has 1 aromatic rings. The van der Waals surface area contributed by atoms with Crippen LogP contribution in [0, 0.1) is 0 Å². The quantitative estimate of drug-likeness (QED) is 0.485. The average molecular weight is 266 g/mol. The number of imide groups is 1. The van der Waals surface area contributed by atoms with Crippen molar-refractivity contribution >= 4 is 17.9 Å². The summed E-state index contributed by atoms with van der Waals surface area (Å²) in [7, 11) is 0. The fraction of sp³-hybridized carbons (Fsp3) is 0.273. The van der Waals surface area contributed by atoms with Gasteiger partial charge in [0.2, 0.25) is 0 Å². The van der Waals surface area contributed by atoms with Crippen LogP contribution in [-0.4, -0.2) is 39.3 Å². The maximum Gasteiger partial charge on any atom is 0.328 e. The van der Waals surface area contributed by atoms with Crippen LogP contribution >= 0.6 is 0 Å². The topological polar surface area (TPSA) is 113 Å². The van der Waals surface area contributed by atoms with E-state index in [0.29, 0.717) is 25.6 Å². The highest BCUT2D eigenvalue weighted by Gasteiger charge is 2.03. The van der Waals surface area contributed by atoms with Crippen LogP contribution in [0.25, 0.3) is 0 Å². The Morgan fingerprint density at radius 2 is 2.11 bits per heavy atom. The Labute approximate surface area is 109 Å². The van der Waals surface area contributed by atoms with Crippen LogP contribution < -0.4 is 10.6 Å². The summed E-state index contributed by atoms with van der Waals surface area (Å²) >= 11 is 0. The molecule has 0 radical (unpaired) electrons. The lowest BCUT2D eigenvalue weighted by Crippen LogP contribution is -2.39. The third kappa shape index (κ3) is 6.61. The smallest absolute Gasteiger partial charge is 0.328 e. The van der Waals surface area contributed by atoms with E-state index in [1.807, 2.05) is 5.32 Å². The number of carboxylic acid groups (broad SMARTS) is 1. The minimum absolute atomic E-state index is 0.377. The van der Waals surface area contributed by atoms with Crippen molar-refractivity contribution in [1.29, 1.82) is 0 Å².